The second-order valence-electron chi connectivity index (χ2n) is 10.2. The number of rotatable bonds is 8. The Labute approximate surface area is 249 Å². The fraction of sp³-hybridized carbons (Fsp3) is 0.111. The lowest BCUT2D eigenvalue weighted by Gasteiger charge is -2.15. The molecule has 0 aliphatic carbocycles. The Morgan fingerprint density at radius 3 is 1.28 bits per heavy atom. The minimum atomic E-state index is -0.264. The molecule has 0 N–H and O–H groups in total. The molecule has 0 unspecified atom stereocenters. The van der Waals surface area contributed by atoms with Gasteiger partial charge in [-0.05, 0) is 90.5 Å². The summed E-state index contributed by atoms with van der Waals surface area (Å²) >= 11 is 0. The van der Waals surface area contributed by atoms with Crippen LogP contribution in [-0.2, 0) is 0 Å². The Balaban J connectivity index is 1.48. The molecular weight excluding hydrogens is 536 g/mol. The molecule has 7 aromatic rings. The maximum Gasteiger partial charge on any atom is 0.144 e. The SMILES string of the molecule is COc1ccc(-c2nc(C(c3ccc(OC)cc3)c3nc(-c4ccc(OC)cc4)n4ccccc34)c3ccccn23)cc1. The first-order chi connectivity index (χ1) is 21.2. The summed E-state index contributed by atoms with van der Waals surface area (Å²) in [6.45, 7) is 0. The molecule has 0 radical (unpaired) electrons. The van der Waals surface area contributed by atoms with Gasteiger partial charge in [0.2, 0.25) is 0 Å². The summed E-state index contributed by atoms with van der Waals surface area (Å²) in [5.41, 5.74) is 6.92. The van der Waals surface area contributed by atoms with Crippen LogP contribution < -0.4 is 14.2 Å². The fourth-order valence-corrected chi connectivity index (χ4v) is 5.68. The zero-order valence-corrected chi connectivity index (χ0v) is 24.1. The first kappa shape index (κ1) is 26.3. The van der Waals surface area contributed by atoms with Crippen molar-refractivity contribution in [3.8, 4) is 40.0 Å². The van der Waals surface area contributed by atoms with Gasteiger partial charge in [-0.15, -0.1) is 0 Å². The highest BCUT2D eigenvalue weighted by Gasteiger charge is 2.29. The second kappa shape index (κ2) is 11.0. The number of aromatic nitrogens is 4. The van der Waals surface area contributed by atoms with Crippen molar-refractivity contribution in [3.63, 3.8) is 0 Å². The van der Waals surface area contributed by atoms with Gasteiger partial charge in [-0.3, -0.25) is 8.80 Å². The van der Waals surface area contributed by atoms with Crippen LogP contribution in [0.15, 0.2) is 122 Å². The van der Waals surface area contributed by atoms with Gasteiger partial charge >= 0.3 is 0 Å². The molecule has 0 fully saturated rings. The number of hydrogen-bond acceptors (Lipinski definition) is 5. The molecule has 43 heavy (non-hydrogen) atoms. The number of benzene rings is 3. The van der Waals surface area contributed by atoms with Crippen LogP contribution in [0.1, 0.15) is 22.9 Å². The number of ether oxygens (including phenoxy) is 3. The predicted octanol–water partition coefficient (Wildman–Crippen LogP) is 7.52. The highest BCUT2D eigenvalue weighted by atomic mass is 16.5. The molecule has 7 nitrogen and oxygen atoms in total. The van der Waals surface area contributed by atoms with Gasteiger partial charge in [-0.2, -0.15) is 0 Å². The summed E-state index contributed by atoms with van der Waals surface area (Å²) in [5, 5.41) is 0. The summed E-state index contributed by atoms with van der Waals surface area (Å²) < 4.78 is 20.6. The van der Waals surface area contributed by atoms with Gasteiger partial charge in [0.25, 0.3) is 0 Å². The number of imidazole rings is 2. The molecule has 0 aliphatic heterocycles. The molecule has 0 spiro atoms. The van der Waals surface area contributed by atoms with Gasteiger partial charge in [-0.25, -0.2) is 9.97 Å². The van der Waals surface area contributed by atoms with Crippen molar-refractivity contribution in [2.24, 2.45) is 0 Å². The average Bonchev–Trinajstić information content (AvgIpc) is 3.65. The molecule has 0 atom stereocenters. The van der Waals surface area contributed by atoms with Crippen LogP contribution in [0.5, 0.6) is 17.2 Å². The van der Waals surface area contributed by atoms with E-state index < -0.39 is 0 Å². The van der Waals surface area contributed by atoms with Gasteiger partial charge in [0.15, 0.2) is 0 Å². The Hall–Kier alpha value is -5.56. The minimum absolute atomic E-state index is 0.264. The van der Waals surface area contributed by atoms with E-state index in [9.17, 15) is 0 Å². The number of nitrogens with zero attached hydrogens (tertiary/aromatic N) is 4. The van der Waals surface area contributed by atoms with E-state index in [1.54, 1.807) is 21.3 Å². The maximum absolute atomic E-state index is 5.50. The Bertz CT molecular complexity index is 1900. The minimum Gasteiger partial charge on any atom is -0.497 e. The number of fused-ring (bicyclic) bond motifs is 2. The van der Waals surface area contributed by atoms with Crippen LogP contribution in [0.4, 0.5) is 0 Å². The van der Waals surface area contributed by atoms with E-state index in [2.05, 4.69) is 57.6 Å². The van der Waals surface area contributed by atoms with Gasteiger partial charge in [-0.1, -0.05) is 24.3 Å². The summed E-state index contributed by atoms with van der Waals surface area (Å²) in [4.78, 5) is 10.7. The first-order valence-electron chi connectivity index (χ1n) is 14.0. The standard InChI is InChI=1S/C36H30N4O3/c1-41-27-16-10-24(11-17-27)32(33-30-8-4-6-22-39(30)35(37-33)25-12-18-28(42-2)19-13-25)34-31-9-5-7-23-40(31)36(38-34)26-14-20-29(43-3)21-15-26/h4-23,32H,1-3H3. The number of hydrogen-bond donors (Lipinski definition) is 0. The van der Waals surface area contributed by atoms with Gasteiger partial charge in [0, 0.05) is 23.5 Å². The van der Waals surface area contributed by atoms with Crippen molar-refractivity contribution in [1.82, 2.24) is 18.8 Å². The van der Waals surface area contributed by atoms with E-state index in [0.717, 1.165) is 68.0 Å². The van der Waals surface area contributed by atoms with E-state index in [1.807, 2.05) is 72.8 Å². The summed E-state index contributed by atoms with van der Waals surface area (Å²) in [6.07, 6.45) is 4.12. The van der Waals surface area contributed by atoms with E-state index >= 15 is 0 Å². The first-order valence-corrected chi connectivity index (χ1v) is 14.0. The van der Waals surface area contributed by atoms with Crippen molar-refractivity contribution in [2.75, 3.05) is 21.3 Å². The maximum atomic E-state index is 5.50. The molecule has 0 amide bonds. The number of pyridine rings is 2. The monoisotopic (exact) mass is 566 g/mol. The Morgan fingerprint density at radius 1 is 0.488 bits per heavy atom. The molecule has 212 valence electrons. The van der Waals surface area contributed by atoms with Gasteiger partial charge in [0.1, 0.15) is 28.9 Å². The molecule has 7 rings (SSSR count). The van der Waals surface area contributed by atoms with Crippen LogP contribution in [0.3, 0.4) is 0 Å². The average molecular weight is 567 g/mol. The quantitative estimate of drug-likeness (QED) is 0.190. The lowest BCUT2D eigenvalue weighted by atomic mass is 9.91. The third-order valence-corrected chi connectivity index (χ3v) is 7.85. The van der Waals surface area contributed by atoms with E-state index in [4.69, 9.17) is 24.2 Å². The van der Waals surface area contributed by atoms with Crippen LogP contribution in [-0.4, -0.2) is 40.1 Å². The summed E-state index contributed by atoms with van der Waals surface area (Å²) in [5.74, 6) is 3.84. The molecular formula is C36H30N4O3. The Morgan fingerprint density at radius 2 is 0.884 bits per heavy atom. The third-order valence-electron chi connectivity index (χ3n) is 7.85. The zero-order chi connectivity index (χ0) is 29.3. The molecule has 0 aliphatic rings. The summed E-state index contributed by atoms with van der Waals surface area (Å²) in [6, 6.07) is 36.6. The molecule has 0 saturated carbocycles. The molecule has 4 heterocycles. The smallest absolute Gasteiger partial charge is 0.144 e. The van der Waals surface area contributed by atoms with Crippen molar-refractivity contribution in [3.05, 3.63) is 139 Å². The fourth-order valence-electron chi connectivity index (χ4n) is 5.68. The van der Waals surface area contributed by atoms with E-state index in [-0.39, 0.29) is 5.92 Å². The molecule has 0 bridgehead atoms. The molecule has 4 aromatic heterocycles. The predicted molar refractivity (Wildman–Crippen MR) is 168 cm³/mol. The van der Waals surface area contributed by atoms with Crippen molar-refractivity contribution in [1.29, 1.82) is 0 Å². The Kier molecular flexibility index (Phi) is 6.75. The van der Waals surface area contributed by atoms with Crippen molar-refractivity contribution >= 4 is 11.0 Å². The van der Waals surface area contributed by atoms with Crippen molar-refractivity contribution < 1.29 is 14.2 Å². The van der Waals surface area contributed by atoms with Crippen LogP contribution in [0, 0.1) is 0 Å². The normalized spacial score (nSPS) is 11.3. The van der Waals surface area contributed by atoms with Crippen LogP contribution in [0.2, 0.25) is 0 Å². The highest BCUT2D eigenvalue weighted by Crippen LogP contribution is 2.39. The summed E-state index contributed by atoms with van der Waals surface area (Å²) in [7, 11) is 5.03. The lowest BCUT2D eigenvalue weighted by Crippen LogP contribution is -2.06. The molecule has 7 heteroatoms. The van der Waals surface area contributed by atoms with E-state index in [0.29, 0.717) is 0 Å². The zero-order valence-electron chi connectivity index (χ0n) is 24.1. The highest BCUT2D eigenvalue weighted by molar-refractivity contribution is 5.73. The van der Waals surface area contributed by atoms with Crippen LogP contribution in [0.25, 0.3) is 33.8 Å². The lowest BCUT2D eigenvalue weighted by molar-refractivity contribution is 0.414. The topological polar surface area (TPSA) is 62.3 Å². The number of methoxy groups -OCH3 is 3. The largest absolute Gasteiger partial charge is 0.497 e. The van der Waals surface area contributed by atoms with Gasteiger partial charge < -0.3 is 14.2 Å². The van der Waals surface area contributed by atoms with Crippen LogP contribution >= 0.6 is 0 Å². The van der Waals surface area contributed by atoms with Gasteiger partial charge in [0.05, 0.1) is 49.7 Å². The third kappa shape index (κ3) is 4.65. The van der Waals surface area contributed by atoms with E-state index in [1.165, 1.54) is 0 Å². The molecule has 3 aromatic carbocycles. The van der Waals surface area contributed by atoms with Crippen molar-refractivity contribution in [2.45, 2.75) is 5.92 Å². The second-order valence-corrected chi connectivity index (χ2v) is 10.2. The molecule has 0 saturated heterocycles.